The van der Waals surface area contributed by atoms with E-state index in [-0.39, 0.29) is 0 Å². The van der Waals surface area contributed by atoms with Gasteiger partial charge in [0.1, 0.15) is 0 Å². The largest absolute Gasteiger partial charge is 0.314 e. The van der Waals surface area contributed by atoms with Crippen LogP contribution in [0.15, 0.2) is 0 Å². The molecule has 17 heavy (non-hydrogen) atoms. The zero-order valence-electron chi connectivity index (χ0n) is 10.9. The summed E-state index contributed by atoms with van der Waals surface area (Å²) < 4.78 is 11.0. The van der Waals surface area contributed by atoms with Gasteiger partial charge in [0.15, 0.2) is 0 Å². The van der Waals surface area contributed by atoms with Crippen molar-refractivity contribution in [3.05, 3.63) is 0 Å². The highest BCUT2D eigenvalue weighted by atomic mass is 32.2. The molecule has 0 aromatic heterocycles. The number of nitrogens with one attached hydrogen (secondary N) is 2. The lowest BCUT2D eigenvalue weighted by Crippen LogP contribution is -2.42. The van der Waals surface area contributed by atoms with Crippen LogP contribution >= 0.6 is 0 Å². The van der Waals surface area contributed by atoms with Gasteiger partial charge in [-0.2, -0.15) is 0 Å². The lowest BCUT2D eigenvalue weighted by atomic mass is 9.93. The van der Waals surface area contributed by atoms with E-state index in [1.54, 1.807) is 6.26 Å². The predicted octanol–water partition coefficient (Wildman–Crippen LogP) is 1.27. The first-order valence-electron chi connectivity index (χ1n) is 7.04. The topological polar surface area (TPSA) is 41.1 Å². The molecular formula is C13H26N2OS. The standard InChI is InChI=1S/C13H26N2OS/c1-17(16)10-4-9-15-12-6-2-5-11(12)13-7-3-8-14-13/h11-15H,2-10H2,1H3. The molecule has 1 saturated heterocycles. The van der Waals surface area contributed by atoms with Crippen molar-refractivity contribution in [1.29, 1.82) is 0 Å². The van der Waals surface area contributed by atoms with E-state index >= 15 is 0 Å². The molecule has 0 amide bonds. The third-order valence-electron chi connectivity index (χ3n) is 4.20. The smallest absolute Gasteiger partial charge is 0.0244 e. The molecule has 1 aliphatic carbocycles. The first-order chi connectivity index (χ1) is 8.27. The van der Waals surface area contributed by atoms with Crippen LogP contribution in [0.5, 0.6) is 0 Å². The van der Waals surface area contributed by atoms with Gasteiger partial charge in [-0.1, -0.05) is 6.42 Å². The number of hydrogen-bond donors (Lipinski definition) is 2. The molecule has 3 nitrogen and oxygen atoms in total. The molecule has 2 fully saturated rings. The maximum absolute atomic E-state index is 11.0. The summed E-state index contributed by atoms with van der Waals surface area (Å²) in [6.07, 6.45) is 9.64. The lowest BCUT2D eigenvalue weighted by molar-refractivity contribution is 0.322. The SMILES string of the molecule is CS(=O)CCCNC1CCCC1C1CCCN1. The van der Waals surface area contributed by atoms with E-state index in [9.17, 15) is 4.21 Å². The Morgan fingerprint density at radius 3 is 2.88 bits per heavy atom. The minimum absolute atomic E-state index is 0.632. The van der Waals surface area contributed by atoms with Crippen LogP contribution in [0.2, 0.25) is 0 Å². The Kier molecular flexibility index (Phi) is 5.45. The molecule has 0 radical (unpaired) electrons. The van der Waals surface area contributed by atoms with Gasteiger partial charge in [0, 0.05) is 34.9 Å². The fourth-order valence-corrected chi connectivity index (χ4v) is 3.91. The number of rotatable bonds is 6. The van der Waals surface area contributed by atoms with Gasteiger partial charge in [0.25, 0.3) is 0 Å². The zero-order valence-corrected chi connectivity index (χ0v) is 11.7. The van der Waals surface area contributed by atoms with Gasteiger partial charge in [0.2, 0.25) is 0 Å². The summed E-state index contributed by atoms with van der Waals surface area (Å²) in [5.41, 5.74) is 0. The lowest BCUT2D eigenvalue weighted by Gasteiger charge is -2.26. The fraction of sp³-hybridized carbons (Fsp3) is 1.00. The van der Waals surface area contributed by atoms with Crippen LogP contribution in [0.3, 0.4) is 0 Å². The normalized spacial score (nSPS) is 35.2. The van der Waals surface area contributed by atoms with Gasteiger partial charge < -0.3 is 10.6 Å². The molecule has 0 bridgehead atoms. The average Bonchev–Trinajstić information content (AvgIpc) is 2.94. The van der Waals surface area contributed by atoms with Crippen LogP contribution in [0, 0.1) is 5.92 Å². The average molecular weight is 258 g/mol. The predicted molar refractivity (Wildman–Crippen MR) is 73.7 cm³/mol. The molecule has 0 aromatic rings. The second-order valence-electron chi connectivity index (χ2n) is 5.49. The first kappa shape index (κ1) is 13.5. The van der Waals surface area contributed by atoms with Gasteiger partial charge in [-0.05, 0) is 51.1 Å². The molecule has 1 heterocycles. The minimum Gasteiger partial charge on any atom is -0.314 e. The summed E-state index contributed by atoms with van der Waals surface area (Å²) in [4.78, 5) is 0. The van der Waals surface area contributed by atoms with E-state index in [0.717, 1.165) is 30.7 Å². The zero-order chi connectivity index (χ0) is 12.1. The van der Waals surface area contributed by atoms with Crippen molar-refractivity contribution < 1.29 is 4.21 Å². The van der Waals surface area contributed by atoms with Crippen molar-refractivity contribution >= 4 is 10.8 Å². The Balaban J connectivity index is 1.69. The Morgan fingerprint density at radius 2 is 2.18 bits per heavy atom. The second kappa shape index (κ2) is 6.86. The molecule has 4 atom stereocenters. The Hall–Kier alpha value is 0.0700. The van der Waals surface area contributed by atoms with Crippen LogP contribution in [0.4, 0.5) is 0 Å². The monoisotopic (exact) mass is 258 g/mol. The molecule has 0 spiro atoms. The van der Waals surface area contributed by atoms with Crippen LogP contribution in [0.1, 0.15) is 38.5 Å². The van der Waals surface area contributed by atoms with Gasteiger partial charge in [-0.3, -0.25) is 4.21 Å². The van der Waals surface area contributed by atoms with E-state index in [1.807, 2.05) is 0 Å². The second-order valence-corrected chi connectivity index (χ2v) is 7.04. The highest BCUT2D eigenvalue weighted by Gasteiger charge is 2.34. The third kappa shape index (κ3) is 4.04. The highest BCUT2D eigenvalue weighted by molar-refractivity contribution is 7.84. The summed E-state index contributed by atoms with van der Waals surface area (Å²) in [5, 5.41) is 7.34. The Morgan fingerprint density at radius 1 is 1.29 bits per heavy atom. The molecule has 100 valence electrons. The molecule has 4 heteroatoms. The van der Waals surface area contributed by atoms with Gasteiger partial charge >= 0.3 is 0 Å². The van der Waals surface area contributed by atoms with Crippen LogP contribution in [-0.4, -0.2) is 41.4 Å². The molecule has 0 aromatic carbocycles. The molecule has 2 N–H and O–H groups in total. The van der Waals surface area contributed by atoms with Crippen molar-refractivity contribution in [2.45, 2.75) is 50.6 Å². The van der Waals surface area contributed by atoms with E-state index < -0.39 is 10.8 Å². The molecule has 4 unspecified atom stereocenters. The fourth-order valence-electron chi connectivity index (χ4n) is 3.36. The van der Waals surface area contributed by atoms with Crippen LogP contribution < -0.4 is 10.6 Å². The van der Waals surface area contributed by atoms with Crippen molar-refractivity contribution in [2.24, 2.45) is 5.92 Å². The minimum atomic E-state index is -0.632. The summed E-state index contributed by atoms with van der Waals surface area (Å²) in [6, 6.07) is 1.46. The summed E-state index contributed by atoms with van der Waals surface area (Å²) in [7, 11) is -0.632. The van der Waals surface area contributed by atoms with E-state index in [2.05, 4.69) is 10.6 Å². The highest BCUT2D eigenvalue weighted by Crippen LogP contribution is 2.31. The van der Waals surface area contributed by atoms with Crippen molar-refractivity contribution in [3.8, 4) is 0 Å². The van der Waals surface area contributed by atoms with E-state index in [4.69, 9.17) is 0 Å². The molecule has 2 rings (SSSR count). The summed E-state index contributed by atoms with van der Waals surface area (Å²) >= 11 is 0. The van der Waals surface area contributed by atoms with Crippen molar-refractivity contribution in [3.63, 3.8) is 0 Å². The first-order valence-corrected chi connectivity index (χ1v) is 8.77. The van der Waals surface area contributed by atoms with Gasteiger partial charge in [-0.15, -0.1) is 0 Å². The van der Waals surface area contributed by atoms with E-state index in [1.165, 1.54) is 38.6 Å². The maximum atomic E-state index is 11.0. The van der Waals surface area contributed by atoms with Crippen molar-refractivity contribution in [1.82, 2.24) is 10.6 Å². The van der Waals surface area contributed by atoms with Gasteiger partial charge in [0.05, 0.1) is 0 Å². The molecule has 1 aliphatic heterocycles. The Bertz CT molecular complexity index is 254. The van der Waals surface area contributed by atoms with Crippen molar-refractivity contribution in [2.75, 3.05) is 25.1 Å². The quantitative estimate of drug-likeness (QED) is 0.705. The van der Waals surface area contributed by atoms with Gasteiger partial charge in [-0.25, -0.2) is 0 Å². The number of hydrogen-bond acceptors (Lipinski definition) is 3. The van der Waals surface area contributed by atoms with E-state index in [0.29, 0.717) is 6.04 Å². The Labute approximate surface area is 108 Å². The maximum Gasteiger partial charge on any atom is 0.0244 e. The summed E-state index contributed by atoms with van der Waals surface area (Å²) in [6.45, 7) is 2.25. The molecule has 1 saturated carbocycles. The van der Waals surface area contributed by atoms with Crippen LogP contribution in [0.25, 0.3) is 0 Å². The molecular weight excluding hydrogens is 232 g/mol. The van der Waals surface area contributed by atoms with Crippen LogP contribution in [-0.2, 0) is 10.8 Å². The molecule has 2 aliphatic rings. The third-order valence-corrected chi connectivity index (χ3v) is 5.06. The summed E-state index contributed by atoms with van der Waals surface area (Å²) in [5.74, 6) is 1.68.